The van der Waals surface area contributed by atoms with Crippen LogP contribution in [0, 0.1) is 19.3 Å². The van der Waals surface area contributed by atoms with E-state index in [4.69, 9.17) is 0 Å². The first kappa shape index (κ1) is 22.8. The summed E-state index contributed by atoms with van der Waals surface area (Å²) in [5.41, 5.74) is 2.31. The molecule has 0 fully saturated rings. The number of thiazole rings is 1. The molecule has 2 aromatic rings. The Hall–Kier alpha value is -2.47. The van der Waals surface area contributed by atoms with Crippen molar-refractivity contribution < 1.29 is 9.59 Å². The van der Waals surface area contributed by atoms with E-state index in [0.717, 1.165) is 23.1 Å². The number of Topliss-reactive ketones (excluding diaryl/α,β-unsaturated/α-hetero) is 1. The van der Waals surface area contributed by atoms with Crippen LogP contribution in [0.1, 0.15) is 50.8 Å². The number of carbonyl (C=O) groups excluding carboxylic acids is 2. The van der Waals surface area contributed by atoms with E-state index in [1.54, 1.807) is 0 Å². The normalized spacial score (nSPS) is 13.0. The third-order valence-electron chi connectivity index (χ3n) is 4.53. The molecule has 0 aliphatic carbocycles. The van der Waals surface area contributed by atoms with E-state index in [1.165, 1.54) is 22.0 Å². The number of ketones is 1. The summed E-state index contributed by atoms with van der Waals surface area (Å²) >= 11 is 1.24. The highest BCUT2D eigenvalue weighted by molar-refractivity contribution is 7.07. The lowest BCUT2D eigenvalue weighted by atomic mass is 9.91. The molecule has 0 saturated carbocycles. The maximum atomic E-state index is 13.1. The molecule has 1 aromatic carbocycles. The minimum atomic E-state index is -0.563. The van der Waals surface area contributed by atoms with Crippen LogP contribution in [-0.4, -0.2) is 22.8 Å². The van der Waals surface area contributed by atoms with E-state index in [0.29, 0.717) is 15.7 Å². The summed E-state index contributed by atoms with van der Waals surface area (Å²) in [6.45, 7) is 11.9. The van der Waals surface area contributed by atoms with Gasteiger partial charge in [-0.05, 0) is 37.5 Å². The summed E-state index contributed by atoms with van der Waals surface area (Å²) in [7, 11) is 0. The first-order chi connectivity index (χ1) is 13.5. The zero-order valence-corrected chi connectivity index (χ0v) is 18.9. The summed E-state index contributed by atoms with van der Waals surface area (Å²) in [5, 5.41) is 2.79. The molecule has 1 amide bonds. The van der Waals surface area contributed by atoms with Crippen LogP contribution in [0.2, 0.25) is 0 Å². The van der Waals surface area contributed by atoms with Crippen LogP contribution < -0.4 is 20.1 Å². The minimum absolute atomic E-state index is 0.0836. The largest absolute Gasteiger partial charge is 0.355 e. The summed E-state index contributed by atoms with van der Waals surface area (Å²) in [6, 6.07) is 6.07. The lowest BCUT2D eigenvalue weighted by molar-refractivity contribution is -0.122. The maximum Gasteiger partial charge on any atom is 0.269 e. The number of carbonyl (C=O) groups is 2. The van der Waals surface area contributed by atoms with E-state index in [9.17, 15) is 14.4 Å². The molecule has 0 aliphatic heterocycles. The Morgan fingerprint density at radius 1 is 1.21 bits per heavy atom. The summed E-state index contributed by atoms with van der Waals surface area (Å²) in [4.78, 5) is 37.9. The van der Waals surface area contributed by atoms with E-state index < -0.39 is 5.41 Å². The summed E-state index contributed by atoms with van der Waals surface area (Å²) in [6.07, 6.45) is 4.14. The van der Waals surface area contributed by atoms with Crippen LogP contribution in [0.3, 0.4) is 0 Å². The molecule has 0 saturated heterocycles. The second-order valence-electron chi connectivity index (χ2n) is 8.31. The van der Waals surface area contributed by atoms with Gasteiger partial charge in [0.05, 0.1) is 4.53 Å². The molecule has 1 heterocycles. The first-order valence-corrected chi connectivity index (χ1v) is 10.7. The van der Waals surface area contributed by atoms with Gasteiger partial charge in [-0.25, -0.2) is 0 Å². The number of nitrogens with one attached hydrogen (secondary N) is 1. The minimum Gasteiger partial charge on any atom is -0.355 e. The quantitative estimate of drug-likeness (QED) is 0.789. The van der Waals surface area contributed by atoms with Gasteiger partial charge in [-0.2, -0.15) is 0 Å². The summed E-state index contributed by atoms with van der Waals surface area (Å²) < 4.78 is 2.41. The highest BCUT2D eigenvalue weighted by atomic mass is 32.1. The summed E-state index contributed by atoms with van der Waals surface area (Å²) in [5.74, 6) is -0.317. The Balaban J connectivity index is 2.64. The number of benzene rings is 1. The number of aromatic nitrogens is 1. The molecular formula is C23H30N2O3S. The van der Waals surface area contributed by atoms with Crippen molar-refractivity contribution in [1.82, 2.24) is 9.88 Å². The first-order valence-electron chi connectivity index (χ1n) is 9.84. The van der Waals surface area contributed by atoms with Gasteiger partial charge in [-0.1, -0.05) is 51.5 Å². The Kier molecular flexibility index (Phi) is 7.36. The van der Waals surface area contributed by atoms with Gasteiger partial charge in [0, 0.05) is 18.0 Å². The van der Waals surface area contributed by atoms with Crippen molar-refractivity contribution in [2.75, 3.05) is 6.54 Å². The highest BCUT2D eigenvalue weighted by Crippen LogP contribution is 2.15. The molecular weight excluding hydrogens is 384 g/mol. The number of rotatable bonds is 6. The SMILES string of the molecule is CCCNC(=O)Cn1c(=O)/c(=C\c2cc(C)ccc2C)s/c1=C\C(=O)C(C)(C)C. The second-order valence-corrected chi connectivity index (χ2v) is 9.37. The smallest absolute Gasteiger partial charge is 0.269 e. The molecule has 0 unspecified atom stereocenters. The molecule has 0 radical (unpaired) electrons. The van der Waals surface area contributed by atoms with Crippen molar-refractivity contribution in [2.24, 2.45) is 5.41 Å². The lowest BCUT2D eigenvalue weighted by Gasteiger charge is -2.12. The predicted octanol–water partition coefficient (Wildman–Crippen LogP) is 2.28. The van der Waals surface area contributed by atoms with Gasteiger partial charge < -0.3 is 5.32 Å². The van der Waals surface area contributed by atoms with Gasteiger partial charge in [0.2, 0.25) is 5.91 Å². The van der Waals surface area contributed by atoms with Gasteiger partial charge >= 0.3 is 0 Å². The van der Waals surface area contributed by atoms with E-state index >= 15 is 0 Å². The predicted molar refractivity (Wildman–Crippen MR) is 120 cm³/mol. The zero-order chi connectivity index (χ0) is 21.8. The van der Waals surface area contributed by atoms with Gasteiger partial charge in [-0.15, -0.1) is 11.3 Å². The number of hydrogen-bond acceptors (Lipinski definition) is 4. The molecule has 2 rings (SSSR count). The molecule has 1 aromatic heterocycles. The van der Waals surface area contributed by atoms with Gasteiger partial charge in [0.1, 0.15) is 11.2 Å². The van der Waals surface area contributed by atoms with Crippen molar-refractivity contribution in [2.45, 2.75) is 54.5 Å². The number of amides is 1. The van der Waals surface area contributed by atoms with Crippen LogP contribution in [0.25, 0.3) is 12.2 Å². The molecule has 0 bridgehead atoms. The van der Waals surface area contributed by atoms with Crippen LogP contribution >= 0.6 is 11.3 Å². The van der Waals surface area contributed by atoms with Gasteiger partial charge in [-0.3, -0.25) is 19.0 Å². The molecule has 0 atom stereocenters. The third kappa shape index (κ3) is 6.00. The Labute approximate surface area is 175 Å². The van der Waals surface area contributed by atoms with Crippen molar-refractivity contribution in [3.63, 3.8) is 0 Å². The lowest BCUT2D eigenvalue weighted by Crippen LogP contribution is -2.38. The molecule has 1 N–H and O–H groups in total. The Bertz CT molecular complexity index is 1080. The van der Waals surface area contributed by atoms with Crippen molar-refractivity contribution >= 4 is 35.2 Å². The van der Waals surface area contributed by atoms with E-state index in [-0.39, 0.29) is 23.8 Å². The Morgan fingerprint density at radius 3 is 2.52 bits per heavy atom. The Morgan fingerprint density at radius 2 is 1.90 bits per heavy atom. The van der Waals surface area contributed by atoms with E-state index in [2.05, 4.69) is 5.32 Å². The van der Waals surface area contributed by atoms with Crippen LogP contribution in [0.5, 0.6) is 0 Å². The highest BCUT2D eigenvalue weighted by Gasteiger charge is 2.20. The van der Waals surface area contributed by atoms with Gasteiger partial charge in [0.15, 0.2) is 5.78 Å². The zero-order valence-electron chi connectivity index (χ0n) is 18.1. The average Bonchev–Trinajstić information content (AvgIpc) is 2.91. The molecule has 0 aliphatic rings. The second kappa shape index (κ2) is 9.35. The molecule has 5 nitrogen and oxygen atoms in total. The molecule has 29 heavy (non-hydrogen) atoms. The monoisotopic (exact) mass is 414 g/mol. The molecule has 156 valence electrons. The van der Waals surface area contributed by atoms with Crippen molar-refractivity contribution in [3.8, 4) is 0 Å². The van der Waals surface area contributed by atoms with Crippen LogP contribution in [0.4, 0.5) is 0 Å². The molecule has 0 spiro atoms. The maximum absolute atomic E-state index is 13.1. The molecule has 6 heteroatoms. The number of hydrogen-bond donors (Lipinski definition) is 1. The topological polar surface area (TPSA) is 68.2 Å². The fourth-order valence-corrected chi connectivity index (χ4v) is 3.67. The van der Waals surface area contributed by atoms with Crippen LogP contribution in [0.15, 0.2) is 23.0 Å². The number of nitrogens with zero attached hydrogens (tertiary/aromatic N) is 1. The van der Waals surface area contributed by atoms with Gasteiger partial charge in [0.25, 0.3) is 5.56 Å². The standard InChI is InChI=1S/C23H30N2O3S/c1-7-10-24-20(27)14-25-21(13-19(26)23(4,5)6)29-18(22(25)28)12-17-11-15(2)8-9-16(17)3/h8-9,11-13H,7,10,14H2,1-6H3,(H,24,27)/b18-12+,21-13-. The fourth-order valence-electron chi connectivity index (χ4n) is 2.64. The van der Waals surface area contributed by atoms with E-state index in [1.807, 2.05) is 65.8 Å². The number of aryl methyl sites for hydroxylation is 2. The van der Waals surface area contributed by atoms with Crippen molar-refractivity contribution in [1.29, 1.82) is 0 Å². The third-order valence-corrected chi connectivity index (χ3v) is 5.59. The average molecular weight is 415 g/mol. The van der Waals surface area contributed by atoms with Crippen molar-refractivity contribution in [3.05, 3.63) is 54.4 Å². The van der Waals surface area contributed by atoms with Crippen LogP contribution in [-0.2, 0) is 16.1 Å². The fraction of sp³-hybridized carbons (Fsp3) is 0.435.